The molecule has 0 aliphatic carbocycles. The van der Waals surface area contributed by atoms with Crippen molar-refractivity contribution in [3.63, 3.8) is 0 Å². The first-order valence-electron chi connectivity index (χ1n) is 3.29. The summed E-state index contributed by atoms with van der Waals surface area (Å²) in [5, 5.41) is 9.23. The summed E-state index contributed by atoms with van der Waals surface area (Å²) in [4.78, 5) is 0. The summed E-state index contributed by atoms with van der Waals surface area (Å²) >= 11 is 0. The normalized spacial score (nSPS) is 20.0. The van der Waals surface area contributed by atoms with Crippen LogP contribution in [0.4, 0.5) is 0 Å². The molecule has 0 aromatic heterocycles. The molecule has 0 amide bonds. The van der Waals surface area contributed by atoms with E-state index in [0.29, 0.717) is 8.50 Å². The molecule has 0 saturated carbocycles. The van der Waals surface area contributed by atoms with Gasteiger partial charge in [-0.05, 0) is 22.9 Å². The molecular formula is C5H14NO2P3. The lowest BCUT2D eigenvalue weighted by molar-refractivity contribution is 0.0490. The molecule has 0 aliphatic rings. The third-order valence-corrected chi connectivity index (χ3v) is 2.58. The van der Waals surface area contributed by atoms with Crippen molar-refractivity contribution in [2.24, 2.45) is 4.74 Å². The minimum atomic E-state index is -0.488. The summed E-state index contributed by atoms with van der Waals surface area (Å²) < 4.78 is 9.12. The van der Waals surface area contributed by atoms with Crippen LogP contribution in [0.2, 0.25) is 0 Å². The summed E-state index contributed by atoms with van der Waals surface area (Å²) in [7, 11) is 5.80. The van der Waals surface area contributed by atoms with Crippen LogP contribution >= 0.6 is 26.5 Å². The van der Waals surface area contributed by atoms with Crippen molar-refractivity contribution in [1.29, 1.82) is 0 Å². The number of hydrogen-bond acceptors (Lipinski definition) is 3. The lowest BCUT2D eigenvalue weighted by Gasteiger charge is -2.22. The topological polar surface area (TPSA) is 41.8 Å². The predicted molar refractivity (Wildman–Crippen MR) is 54.8 cm³/mol. The van der Waals surface area contributed by atoms with E-state index >= 15 is 0 Å². The van der Waals surface area contributed by atoms with Crippen LogP contribution in [-0.4, -0.2) is 23.4 Å². The van der Waals surface area contributed by atoms with E-state index in [1.807, 2.05) is 6.92 Å². The molecule has 6 heteroatoms. The third-order valence-electron chi connectivity index (χ3n) is 1.36. The SMILES string of the molecule is CC(O)C(OPP)[C@H](C)N=P. The second kappa shape index (κ2) is 6.40. The standard InChI is InChI=1S/C5H14NO2P3/c1-3(6-9)5(4(2)7)8-11-10/h3-5,7,9,11H,10H2,1-2H3/t3-,4?,5?/m0/s1. The first-order valence-corrected chi connectivity index (χ1v) is 6.45. The quantitative estimate of drug-likeness (QED) is 0.708. The summed E-state index contributed by atoms with van der Waals surface area (Å²) in [6.07, 6.45) is -0.707. The van der Waals surface area contributed by atoms with Gasteiger partial charge in [0, 0.05) is 8.50 Å². The van der Waals surface area contributed by atoms with E-state index in [9.17, 15) is 5.11 Å². The second-order valence-electron chi connectivity index (χ2n) is 2.31. The minimum absolute atomic E-state index is 0.0280. The number of hydrogen-bond donors (Lipinski definition) is 1. The summed E-state index contributed by atoms with van der Waals surface area (Å²) in [5.74, 6) is 0. The van der Waals surface area contributed by atoms with E-state index in [0.717, 1.165) is 0 Å². The van der Waals surface area contributed by atoms with Gasteiger partial charge in [-0.3, -0.25) is 4.74 Å². The maximum Gasteiger partial charge on any atom is 0.110 e. The molecule has 0 fully saturated rings. The Hall–Kier alpha value is 0.880. The molecule has 0 aromatic rings. The van der Waals surface area contributed by atoms with Gasteiger partial charge < -0.3 is 9.63 Å². The molecule has 5 atom stereocenters. The maximum absolute atomic E-state index is 9.23. The number of aliphatic hydroxyl groups excluding tert-OH is 1. The van der Waals surface area contributed by atoms with E-state index in [-0.39, 0.29) is 12.1 Å². The summed E-state index contributed by atoms with van der Waals surface area (Å²) in [6, 6.07) is -0.0280. The zero-order valence-corrected chi connectivity index (χ0v) is 9.77. The fourth-order valence-electron chi connectivity index (χ4n) is 0.752. The van der Waals surface area contributed by atoms with Gasteiger partial charge >= 0.3 is 0 Å². The molecule has 0 rings (SSSR count). The highest BCUT2D eigenvalue weighted by atomic mass is 32.0. The van der Waals surface area contributed by atoms with Crippen LogP contribution in [0.1, 0.15) is 13.8 Å². The Kier molecular flexibility index (Phi) is 6.91. The molecule has 0 spiro atoms. The van der Waals surface area contributed by atoms with Crippen LogP contribution in [0.15, 0.2) is 4.74 Å². The monoisotopic (exact) mass is 213 g/mol. The second-order valence-corrected chi connectivity index (χ2v) is 3.75. The van der Waals surface area contributed by atoms with E-state index in [4.69, 9.17) is 4.52 Å². The molecule has 0 radical (unpaired) electrons. The van der Waals surface area contributed by atoms with Gasteiger partial charge in [-0.15, -0.1) is 0 Å². The van der Waals surface area contributed by atoms with Crippen molar-refractivity contribution < 1.29 is 9.63 Å². The average Bonchev–Trinajstić information content (AvgIpc) is 1.98. The van der Waals surface area contributed by atoms with Crippen molar-refractivity contribution in [1.82, 2.24) is 0 Å². The Labute approximate surface area is 73.6 Å². The Bertz CT molecular complexity index is 122. The highest BCUT2D eigenvalue weighted by Gasteiger charge is 2.21. The van der Waals surface area contributed by atoms with E-state index in [2.05, 4.69) is 22.7 Å². The minimum Gasteiger partial charge on any atom is -0.391 e. The van der Waals surface area contributed by atoms with Crippen LogP contribution in [0, 0.1) is 0 Å². The average molecular weight is 213 g/mol. The van der Waals surface area contributed by atoms with Gasteiger partial charge in [-0.25, -0.2) is 0 Å². The lowest BCUT2D eigenvalue weighted by atomic mass is 10.1. The van der Waals surface area contributed by atoms with Gasteiger partial charge in [0.15, 0.2) is 0 Å². The van der Waals surface area contributed by atoms with Crippen LogP contribution in [0.25, 0.3) is 0 Å². The summed E-state index contributed by atoms with van der Waals surface area (Å²) in [6.45, 7) is 3.58. The van der Waals surface area contributed by atoms with E-state index in [1.54, 1.807) is 6.92 Å². The molecule has 0 saturated heterocycles. The van der Waals surface area contributed by atoms with E-state index in [1.165, 1.54) is 0 Å². The van der Waals surface area contributed by atoms with Crippen LogP contribution in [-0.2, 0) is 4.52 Å². The van der Waals surface area contributed by atoms with Gasteiger partial charge in [0.2, 0.25) is 0 Å². The highest BCUT2D eigenvalue weighted by molar-refractivity contribution is 8.00. The van der Waals surface area contributed by atoms with Gasteiger partial charge in [-0.1, -0.05) is 8.93 Å². The van der Waals surface area contributed by atoms with Crippen molar-refractivity contribution in [3.05, 3.63) is 0 Å². The van der Waals surface area contributed by atoms with Crippen LogP contribution in [0.3, 0.4) is 0 Å². The van der Waals surface area contributed by atoms with Crippen molar-refractivity contribution >= 4 is 26.5 Å². The fourth-order valence-corrected chi connectivity index (χ4v) is 1.92. The van der Waals surface area contributed by atoms with E-state index < -0.39 is 6.10 Å². The maximum atomic E-state index is 9.23. The molecular weight excluding hydrogens is 199 g/mol. The lowest BCUT2D eigenvalue weighted by Crippen LogP contribution is -2.32. The van der Waals surface area contributed by atoms with Crippen molar-refractivity contribution in [3.8, 4) is 0 Å². The largest absolute Gasteiger partial charge is 0.391 e. The molecule has 4 unspecified atom stereocenters. The Morgan fingerprint density at radius 3 is 2.45 bits per heavy atom. The first-order chi connectivity index (χ1) is 5.13. The predicted octanol–water partition coefficient (Wildman–Crippen LogP) is 1.85. The molecule has 1 N–H and O–H groups in total. The molecule has 11 heavy (non-hydrogen) atoms. The van der Waals surface area contributed by atoms with Crippen molar-refractivity contribution in [2.45, 2.75) is 32.1 Å². The zero-order valence-electron chi connectivity index (χ0n) is 6.61. The fraction of sp³-hybridized carbons (Fsp3) is 1.00. The van der Waals surface area contributed by atoms with Gasteiger partial charge in [-0.2, -0.15) is 0 Å². The number of rotatable bonds is 5. The zero-order chi connectivity index (χ0) is 8.85. The Morgan fingerprint density at radius 1 is 1.64 bits per heavy atom. The van der Waals surface area contributed by atoms with Gasteiger partial charge in [0.25, 0.3) is 0 Å². The molecule has 0 bridgehead atoms. The van der Waals surface area contributed by atoms with Crippen molar-refractivity contribution in [2.75, 3.05) is 0 Å². The first kappa shape index (κ1) is 11.9. The number of nitrogens with zero attached hydrogens (tertiary/aromatic N) is 1. The summed E-state index contributed by atoms with van der Waals surface area (Å²) in [5.41, 5.74) is 0. The molecule has 0 aliphatic heterocycles. The molecule has 0 aromatic carbocycles. The third kappa shape index (κ3) is 4.45. The van der Waals surface area contributed by atoms with Gasteiger partial charge in [0.1, 0.15) is 6.10 Å². The highest BCUT2D eigenvalue weighted by Crippen LogP contribution is 2.27. The Balaban J connectivity index is 3.97. The Morgan fingerprint density at radius 2 is 2.18 bits per heavy atom. The smallest absolute Gasteiger partial charge is 0.110 e. The molecule has 66 valence electrons. The number of aliphatic hydroxyl groups is 1. The molecule has 3 nitrogen and oxygen atoms in total. The molecule has 0 heterocycles. The van der Waals surface area contributed by atoms with Crippen LogP contribution < -0.4 is 0 Å². The van der Waals surface area contributed by atoms with Gasteiger partial charge in [0.05, 0.1) is 12.1 Å². The van der Waals surface area contributed by atoms with Crippen LogP contribution in [0.5, 0.6) is 0 Å².